The third-order valence-electron chi connectivity index (χ3n) is 5.79. The molecule has 1 saturated heterocycles. The van der Waals surface area contributed by atoms with E-state index in [1.165, 1.54) is 55.2 Å². The Morgan fingerprint density at radius 3 is 2.79 bits per heavy atom. The van der Waals surface area contributed by atoms with Crippen LogP contribution in [0.15, 0.2) is 24.4 Å². The smallest absolute Gasteiger partial charge is 0.223 e. The van der Waals surface area contributed by atoms with Gasteiger partial charge in [-0.05, 0) is 61.3 Å². The highest BCUT2D eigenvalue weighted by molar-refractivity contribution is 5.80. The number of aromatic nitrogens is 2. The lowest BCUT2D eigenvalue weighted by atomic mass is 9.90. The van der Waals surface area contributed by atoms with E-state index in [1.54, 1.807) is 0 Å². The molecule has 1 saturated carbocycles. The molecule has 2 aliphatic carbocycles. The Balaban J connectivity index is 1.38. The van der Waals surface area contributed by atoms with Gasteiger partial charge in [-0.3, -0.25) is 4.79 Å². The highest BCUT2D eigenvalue weighted by atomic mass is 16.2. The van der Waals surface area contributed by atoms with Crippen LogP contribution in [-0.2, 0) is 17.6 Å². The number of carbonyl (C=O) groups is 1. The van der Waals surface area contributed by atoms with Gasteiger partial charge in [-0.2, -0.15) is 0 Å². The van der Waals surface area contributed by atoms with Crippen LogP contribution in [0.25, 0.3) is 11.3 Å². The van der Waals surface area contributed by atoms with Crippen molar-refractivity contribution < 1.29 is 4.79 Å². The fourth-order valence-corrected chi connectivity index (χ4v) is 4.25. The molecule has 4 heteroatoms. The number of aryl methyl sites for hydroxylation is 2. The summed E-state index contributed by atoms with van der Waals surface area (Å²) in [5.41, 5.74) is 5.30. The Morgan fingerprint density at radius 1 is 1.12 bits per heavy atom. The van der Waals surface area contributed by atoms with Crippen LogP contribution in [0.4, 0.5) is 0 Å². The molecule has 4 nitrogen and oxygen atoms in total. The van der Waals surface area contributed by atoms with Crippen molar-refractivity contribution >= 4 is 5.91 Å². The van der Waals surface area contributed by atoms with Crippen molar-refractivity contribution in [3.05, 3.63) is 41.3 Å². The molecule has 1 aromatic carbocycles. The lowest BCUT2D eigenvalue weighted by Gasteiger charge is -2.16. The number of hydrogen-bond acceptors (Lipinski definition) is 2. The van der Waals surface area contributed by atoms with Crippen molar-refractivity contribution in [3.63, 3.8) is 0 Å². The maximum absolute atomic E-state index is 12.2. The van der Waals surface area contributed by atoms with Gasteiger partial charge in [0, 0.05) is 24.9 Å². The number of nitrogens with one attached hydrogen (secondary N) is 1. The Kier molecular flexibility index (Phi) is 3.25. The summed E-state index contributed by atoms with van der Waals surface area (Å²) in [6.07, 6.45) is 9.91. The van der Waals surface area contributed by atoms with Crippen molar-refractivity contribution in [1.29, 1.82) is 0 Å². The van der Waals surface area contributed by atoms with Gasteiger partial charge in [-0.25, -0.2) is 4.98 Å². The number of hydrogen-bond donors (Lipinski definition) is 1. The van der Waals surface area contributed by atoms with Crippen molar-refractivity contribution in [2.75, 3.05) is 6.54 Å². The van der Waals surface area contributed by atoms with Crippen LogP contribution in [0.5, 0.6) is 0 Å². The maximum atomic E-state index is 12.2. The Labute approximate surface area is 142 Å². The molecule has 3 aliphatic rings. The van der Waals surface area contributed by atoms with Gasteiger partial charge in [-0.1, -0.05) is 12.1 Å². The Morgan fingerprint density at radius 2 is 1.96 bits per heavy atom. The van der Waals surface area contributed by atoms with E-state index in [0.717, 1.165) is 18.1 Å². The van der Waals surface area contributed by atoms with E-state index < -0.39 is 0 Å². The zero-order chi connectivity index (χ0) is 16.1. The molecule has 1 N–H and O–H groups in total. The van der Waals surface area contributed by atoms with Gasteiger partial charge in [0.2, 0.25) is 5.91 Å². The summed E-state index contributed by atoms with van der Waals surface area (Å²) in [5, 5.41) is 0. The van der Waals surface area contributed by atoms with Gasteiger partial charge >= 0.3 is 0 Å². The molecule has 2 heterocycles. The van der Waals surface area contributed by atoms with Gasteiger partial charge < -0.3 is 9.88 Å². The molecule has 24 heavy (non-hydrogen) atoms. The number of fused-ring (bicyclic) bond motifs is 1. The quantitative estimate of drug-likeness (QED) is 0.941. The summed E-state index contributed by atoms with van der Waals surface area (Å²) in [7, 11) is 0. The highest BCUT2D eigenvalue weighted by Crippen LogP contribution is 2.36. The number of nitrogens with zero attached hydrogens (tertiary/aromatic N) is 2. The molecule has 0 radical (unpaired) electrons. The first-order valence-electron chi connectivity index (χ1n) is 9.24. The number of carbonyl (C=O) groups excluding carboxylic acids is 1. The molecular formula is C20H23N3O. The molecule has 0 spiro atoms. The molecule has 1 aromatic heterocycles. The van der Waals surface area contributed by atoms with E-state index in [0.29, 0.717) is 18.4 Å². The lowest BCUT2D eigenvalue weighted by molar-refractivity contribution is -0.128. The molecular weight excluding hydrogens is 298 g/mol. The van der Waals surface area contributed by atoms with E-state index >= 15 is 0 Å². The molecule has 1 atom stereocenters. The second kappa shape index (κ2) is 5.47. The van der Waals surface area contributed by atoms with Crippen LogP contribution in [0.3, 0.4) is 0 Å². The van der Waals surface area contributed by atoms with E-state index in [9.17, 15) is 4.79 Å². The molecule has 2 aromatic rings. The molecule has 1 aliphatic heterocycles. The van der Waals surface area contributed by atoms with Gasteiger partial charge in [0.15, 0.2) is 0 Å². The van der Waals surface area contributed by atoms with Crippen LogP contribution in [0.1, 0.15) is 55.0 Å². The predicted molar refractivity (Wildman–Crippen MR) is 92.8 cm³/mol. The standard InChI is InChI=1S/C20H23N3O/c24-19-10-16(12-23(19)17-7-8-17)20-21-11-18(22-20)15-6-5-13-3-1-2-4-14(13)9-15/h5-6,9,11,16-17H,1-4,7-8,10,12H2,(H,21,22). The number of aromatic amines is 1. The fourth-order valence-electron chi connectivity index (χ4n) is 4.25. The first-order chi connectivity index (χ1) is 11.8. The summed E-state index contributed by atoms with van der Waals surface area (Å²) < 4.78 is 0. The van der Waals surface area contributed by atoms with Crippen molar-refractivity contribution in [3.8, 4) is 11.3 Å². The van der Waals surface area contributed by atoms with Crippen LogP contribution in [-0.4, -0.2) is 33.4 Å². The normalized spacial score (nSPS) is 23.6. The zero-order valence-corrected chi connectivity index (χ0v) is 13.9. The van der Waals surface area contributed by atoms with Crippen LogP contribution < -0.4 is 0 Å². The molecule has 2 fully saturated rings. The average Bonchev–Trinajstić information content (AvgIpc) is 3.19. The minimum Gasteiger partial charge on any atom is -0.342 e. The first-order valence-corrected chi connectivity index (χ1v) is 9.24. The summed E-state index contributed by atoms with van der Waals surface area (Å²) >= 11 is 0. The summed E-state index contributed by atoms with van der Waals surface area (Å²) in [6.45, 7) is 0.834. The monoisotopic (exact) mass is 321 g/mol. The van der Waals surface area contributed by atoms with E-state index in [2.05, 4.69) is 33.1 Å². The number of benzene rings is 1. The second-order valence-electron chi connectivity index (χ2n) is 7.55. The van der Waals surface area contributed by atoms with Gasteiger partial charge in [0.1, 0.15) is 5.82 Å². The fraction of sp³-hybridized carbons (Fsp3) is 0.500. The van der Waals surface area contributed by atoms with Crippen LogP contribution in [0, 0.1) is 0 Å². The summed E-state index contributed by atoms with van der Waals surface area (Å²) in [5.74, 6) is 1.50. The first kappa shape index (κ1) is 14.3. The van der Waals surface area contributed by atoms with Crippen molar-refractivity contribution in [1.82, 2.24) is 14.9 Å². The maximum Gasteiger partial charge on any atom is 0.223 e. The highest BCUT2D eigenvalue weighted by Gasteiger charge is 2.40. The SMILES string of the molecule is O=C1CC(c2ncc(-c3ccc4c(c3)CCCC4)[nH]2)CN1C1CC1. The van der Waals surface area contributed by atoms with Crippen molar-refractivity contribution in [2.24, 2.45) is 0 Å². The largest absolute Gasteiger partial charge is 0.342 e. The summed E-state index contributed by atoms with van der Waals surface area (Å²) in [6, 6.07) is 7.32. The number of rotatable bonds is 3. The zero-order valence-electron chi connectivity index (χ0n) is 13.9. The summed E-state index contributed by atoms with van der Waals surface area (Å²) in [4.78, 5) is 22.3. The Hall–Kier alpha value is -2.10. The number of likely N-dealkylation sites (tertiary alicyclic amines) is 1. The number of amides is 1. The van der Waals surface area contributed by atoms with Gasteiger partial charge in [0.05, 0.1) is 11.9 Å². The van der Waals surface area contributed by atoms with Crippen LogP contribution >= 0.6 is 0 Å². The second-order valence-corrected chi connectivity index (χ2v) is 7.55. The van der Waals surface area contributed by atoms with E-state index in [1.807, 2.05) is 6.20 Å². The van der Waals surface area contributed by atoms with E-state index in [-0.39, 0.29) is 5.92 Å². The van der Waals surface area contributed by atoms with Gasteiger partial charge in [0.25, 0.3) is 0 Å². The van der Waals surface area contributed by atoms with Crippen molar-refractivity contribution in [2.45, 2.75) is 56.9 Å². The molecule has 124 valence electrons. The minimum absolute atomic E-state index is 0.226. The van der Waals surface area contributed by atoms with Crippen LogP contribution in [0.2, 0.25) is 0 Å². The molecule has 1 amide bonds. The topological polar surface area (TPSA) is 49.0 Å². The van der Waals surface area contributed by atoms with Gasteiger partial charge in [-0.15, -0.1) is 0 Å². The van der Waals surface area contributed by atoms with E-state index in [4.69, 9.17) is 0 Å². The number of H-pyrrole nitrogens is 1. The molecule has 1 unspecified atom stereocenters. The third kappa shape index (κ3) is 2.45. The predicted octanol–water partition coefficient (Wildman–Crippen LogP) is 3.43. The minimum atomic E-state index is 0.226. The number of imidazole rings is 1. The lowest BCUT2D eigenvalue weighted by Crippen LogP contribution is -2.27. The molecule has 5 rings (SSSR count). The Bertz CT molecular complexity index is 790. The third-order valence-corrected chi connectivity index (χ3v) is 5.79. The molecule has 0 bridgehead atoms. The average molecular weight is 321 g/mol.